The van der Waals surface area contributed by atoms with Crippen LogP contribution >= 0.6 is 0 Å². The van der Waals surface area contributed by atoms with Crippen LogP contribution in [-0.2, 0) is 0 Å². The maximum atomic E-state index is 6.73. The Morgan fingerprint density at radius 3 is 0.414 bits per heavy atom. The molecule has 0 unspecified atom stereocenters. The van der Waals surface area contributed by atoms with Crippen molar-refractivity contribution >= 4 is 136 Å². The Hall–Kier alpha value is -16.5. The Labute approximate surface area is 746 Å². The predicted octanol–water partition coefficient (Wildman–Crippen LogP) is 27.9. The number of anilines is 24. The average molecular weight is 1700 g/mol. The third kappa shape index (κ3) is 17.0. The molecule has 1 aliphatic heterocycles. The fourth-order valence-electron chi connectivity index (χ4n) is 16.3. The second-order valence-electron chi connectivity index (χ2n) is 29.8. The lowest BCUT2D eigenvalue weighted by Crippen LogP contribution is -2.18. The number of rotatable bonds is 28. The Bertz CT molecular complexity index is 5500. The van der Waals surface area contributed by atoms with Gasteiger partial charge in [0.1, 0.15) is 69.0 Å². The smallest absolute Gasteiger partial charge is 0.146 e. The van der Waals surface area contributed by atoms with Gasteiger partial charge in [-0.3, -0.25) is 0 Å². The Kier molecular flexibility index (Phi) is 24.7. The normalized spacial score (nSPS) is 11.5. The van der Waals surface area contributed by atoms with Gasteiger partial charge >= 0.3 is 0 Å². The summed E-state index contributed by atoms with van der Waals surface area (Å²) in [5.41, 5.74) is 19.7. The second-order valence-corrected chi connectivity index (χ2v) is 29.8. The second kappa shape index (κ2) is 37.7. The third-order valence-electron chi connectivity index (χ3n) is 22.7. The molecule has 0 aromatic heterocycles. The number of benzene rings is 16. The van der Waals surface area contributed by atoms with E-state index in [1.165, 1.54) is 0 Å². The summed E-state index contributed by atoms with van der Waals surface area (Å²) >= 11 is 0. The average Bonchev–Trinajstić information content (AvgIpc) is 0.747. The lowest BCUT2D eigenvalue weighted by atomic mass is 10.1. The van der Waals surface area contributed by atoms with E-state index in [1.807, 2.05) is 109 Å². The number of methoxy groups -OCH3 is 12. The molecule has 0 N–H and O–H groups in total. The third-order valence-corrected chi connectivity index (χ3v) is 22.7. The van der Waals surface area contributed by atoms with Crippen LogP contribution in [-0.4, -0.2) is 85.3 Å². The van der Waals surface area contributed by atoms with Crippen molar-refractivity contribution < 1.29 is 56.8 Å². The maximum Gasteiger partial charge on any atom is 0.146 e. The molecule has 17 rings (SSSR count). The van der Waals surface area contributed by atoms with Gasteiger partial charge in [-0.15, -0.1) is 0 Å². The van der Waals surface area contributed by atoms with Crippen LogP contribution in [0.15, 0.2) is 364 Å². The van der Waals surface area contributed by atoms with E-state index in [1.54, 1.807) is 85.3 Å². The van der Waals surface area contributed by atoms with Crippen LogP contribution in [0.4, 0.5) is 136 Å². The van der Waals surface area contributed by atoms with Crippen molar-refractivity contribution in [3.63, 3.8) is 0 Å². The molecule has 16 aromatic carbocycles. The molecule has 1 heterocycles. The zero-order valence-corrected chi connectivity index (χ0v) is 73.1. The number of hydrogen-bond donors (Lipinski definition) is 0. The van der Waals surface area contributed by atoms with Crippen molar-refractivity contribution in [3.05, 3.63) is 364 Å². The molecule has 128 heavy (non-hydrogen) atoms. The summed E-state index contributed by atoms with van der Waals surface area (Å²) in [6.45, 7) is 0. The van der Waals surface area contributed by atoms with Gasteiger partial charge in [-0.05, 0) is 340 Å². The fraction of sp³-hybridized carbons (Fsp3) is 0.111. The molecule has 0 aliphatic carbocycles. The van der Waals surface area contributed by atoms with Crippen molar-refractivity contribution in [2.75, 3.05) is 125 Å². The first-order valence-electron chi connectivity index (χ1n) is 41.5. The van der Waals surface area contributed by atoms with Gasteiger partial charge in [0.2, 0.25) is 0 Å². The quantitative estimate of drug-likeness (QED) is 0.0459. The summed E-state index contributed by atoms with van der Waals surface area (Å²) in [5.74, 6) is 7.92. The molecule has 0 atom stereocenters. The summed E-state index contributed by atoms with van der Waals surface area (Å²) in [6.07, 6.45) is 0. The molecule has 0 saturated carbocycles. The predicted molar refractivity (Wildman–Crippen MR) is 516 cm³/mol. The zero-order valence-electron chi connectivity index (χ0n) is 73.1. The van der Waals surface area contributed by atoms with Crippen LogP contribution in [0.1, 0.15) is 0 Å². The zero-order chi connectivity index (χ0) is 88.3. The first-order chi connectivity index (χ1) is 62.8. The topological polar surface area (TPSA) is 137 Å². The van der Waals surface area contributed by atoms with E-state index < -0.39 is 0 Å². The SMILES string of the molecule is COc1ccc(N(c2ccc(OC)cc2)c2ccc(N3c4cccc(c4)N(c4ccc(N(c5ccc(OC)cc5)c5ccc(OC)cc5)cc4)c4cc(c(OC)cc4OC)N(c4ccc(N(c5ccc(OC)cc5)c5ccc(OC)cc5)cc4)c4cccc(c4)N(c4ccc(N(c5ccc(OC)cc5)c5ccc(OC)cc5)cc4)c4cc3c(OC)cc4OC)cc2)cc1. The van der Waals surface area contributed by atoms with Gasteiger partial charge in [-0.25, -0.2) is 0 Å². The van der Waals surface area contributed by atoms with E-state index in [2.05, 4.69) is 294 Å². The Morgan fingerprint density at radius 1 is 0.141 bits per heavy atom. The van der Waals surface area contributed by atoms with Crippen LogP contribution in [0.25, 0.3) is 0 Å². The minimum atomic E-state index is 0.511. The molecule has 640 valence electrons. The molecular formula is C108H96N8O12. The Morgan fingerprint density at radius 2 is 0.281 bits per heavy atom. The molecular weight excluding hydrogens is 1600 g/mol. The molecule has 8 bridgehead atoms. The van der Waals surface area contributed by atoms with Gasteiger partial charge in [-0.1, -0.05) is 12.1 Å². The number of hydrogen-bond acceptors (Lipinski definition) is 20. The van der Waals surface area contributed by atoms with Crippen LogP contribution in [0.3, 0.4) is 0 Å². The molecule has 0 saturated heterocycles. The summed E-state index contributed by atoms with van der Waals surface area (Å²) in [6, 6.07) is 124. The Balaban J connectivity index is 0.925. The molecule has 20 nitrogen and oxygen atoms in total. The molecule has 1 aliphatic rings. The van der Waals surface area contributed by atoms with E-state index in [0.29, 0.717) is 45.7 Å². The summed E-state index contributed by atoms with van der Waals surface area (Å²) in [7, 11) is 20.2. The monoisotopic (exact) mass is 1700 g/mol. The van der Waals surface area contributed by atoms with E-state index >= 15 is 0 Å². The van der Waals surface area contributed by atoms with Crippen LogP contribution in [0.5, 0.6) is 69.0 Å². The molecule has 0 radical (unpaired) electrons. The lowest BCUT2D eigenvalue weighted by molar-refractivity contribution is 0.396. The molecule has 0 spiro atoms. The van der Waals surface area contributed by atoms with Crippen LogP contribution < -0.4 is 96.0 Å². The summed E-state index contributed by atoms with van der Waals surface area (Å²) in [5, 5.41) is 0. The highest BCUT2D eigenvalue weighted by molar-refractivity contribution is 5.96. The number of ether oxygens (including phenoxy) is 12. The molecule has 0 amide bonds. The van der Waals surface area contributed by atoms with E-state index in [9.17, 15) is 0 Å². The van der Waals surface area contributed by atoms with Gasteiger partial charge in [0, 0.05) is 126 Å². The standard InChI is InChI=1S/C108H96N8O12/c1-117-93-51-35-77(36-52-93)109(78-37-53-94(118-2)54-38-78)73-19-27-85(28-20-73)113-89-15-13-16-90(67-89)114(86-29-21-74(22-30-86)110(79-39-55-95(119-3)56-40-79)80-41-57-96(120-4)58-42-80)103-70-104(108(128-12)72-107(103)127-11)116(88-33-25-76(26-34-88)112(83-47-63-99(123-7)64-48-83)84-49-65-100(124-8)66-50-84)92-18-14-17-91(68-92)115(102-69-101(113)105(125-9)71-106(102)126-10)87-31-23-75(24-32-87)111(81-43-59-97(121-5)60-44-81)82-45-61-98(122-6)62-46-82/h13-72H,1-12H3. The highest BCUT2D eigenvalue weighted by atomic mass is 16.5. The number of fused-ring (bicyclic) bond motifs is 8. The number of nitrogens with zero attached hydrogens (tertiary/aromatic N) is 8. The molecule has 16 aromatic rings. The van der Waals surface area contributed by atoms with Crippen molar-refractivity contribution in [2.24, 2.45) is 0 Å². The van der Waals surface area contributed by atoms with E-state index in [4.69, 9.17) is 56.8 Å². The van der Waals surface area contributed by atoms with Crippen molar-refractivity contribution in [1.82, 2.24) is 0 Å². The van der Waals surface area contributed by atoms with Gasteiger partial charge in [0.25, 0.3) is 0 Å². The van der Waals surface area contributed by atoms with Crippen LogP contribution in [0.2, 0.25) is 0 Å². The van der Waals surface area contributed by atoms with Gasteiger partial charge < -0.3 is 96.0 Å². The van der Waals surface area contributed by atoms with Crippen LogP contribution in [0, 0.1) is 0 Å². The molecule has 0 fully saturated rings. The maximum absolute atomic E-state index is 6.73. The minimum Gasteiger partial charge on any atom is -0.497 e. The summed E-state index contributed by atoms with van der Waals surface area (Å²) < 4.78 is 72.5. The highest BCUT2D eigenvalue weighted by Crippen LogP contribution is 2.56. The van der Waals surface area contributed by atoms with Crippen molar-refractivity contribution in [3.8, 4) is 69.0 Å². The largest absolute Gasteiger partial charge is 0.497 e. The van der Waals surface area contributed by atoms with Gasteiger partial charge in [0.05, 0.1) is 108 Å². The highest BCUT2D eigenvalue weighted by Gasteiger charge is 2.32. The fourth-order valence-corrected chi connectivity index (χ4v) is 16.3. The van der Waals surface area contributed by atoms with Crippen molar-refractivity contribution in [2.45, 2.75) is 0 Å². The molecule has 20 heteroatoms. The van der Waals surface area contributed by atoms with Crippen molar-refractivity contribution in [1.29, 1.82) is 0 Å². The van der Waals surface area contributed by atoms with E-state index in [0.717, 1.165) is 160 Å². The lowest BCUT2D eigenvalue weighted by Gasteiger charge is -2.35. The summed E-state index contributed by atoms with van der Waals surface area (Å²) in [4.78, 5) is 17.8. The first-order valence-corrected chi connectivity index (χ1v) is 41.5. The van der Waals surface area contributed by atoms with E-state index in [-0.39, 0.29) is 0 Å². The first kappa shape index (κ1) is 83.8. The van der Waals surface area contributed by atoms with Gasteiger partial charge in [-0.2, -0.15) is 0 Å². The minimum absolute atomic E-state index is 0.511. The van der Waals surface area contributed by atoms with Gasteiger partial charge in [0.15, 0.2) is 0 Å².